The lowest BCUT2D eigenvalue weighted by atomic mass is 9.43. The van der Waals surface area contributed by atoms with Crippen LogP contribution < -0.4 is 20.6 Å². The van der Waals surface area contributed by atoms with E-state index >= 15 is 0 Å². The molecule has 5 aliphatic rings. The Balaban J connectivity index is 1.16. The summed E-state index contributed by atoms with van der Waals surface area (Å²) < 4.78 is 10.1. The number of anilines is 4. The number of hydrogen-bond donors (Lipinski definition) is 0. The first-order valence-electron chi connectivity index (χ1n) is 27.3. The summed E-state index contributed by atoms with van der Waals surface area (Å²) in [5.41, 5.74) is 23.1. The van der Waals surface area contributed by atoms with Crippen molar-refractivity contribution in [3.63, 3.8) is 0 Å². The highest BCUT2D eigenvalue weighted by Gasteiger charge is 2.62. The maximum absolute atomic E-state index is 7.34. The number of thiophene rings is 1. The number of fused-ring (bicyclic) bond motifs is 15. The summed E-state index contributed by atoms with van der Waals surface area (Å²) in [6, 6.07) is 46.0. The van der Waals surface area contributed by atoms with Crippen LogP contribution in [-0.4, -0.2) is 12.4 Å². The van der Waals surface area contributed by atoms with Gasteiger partial charge < -0.3 is 14.1 Å². The summed E-state index contributed by atoms with van der Waals surface area (Å²) in [6.45, 7) is 19.7. The molecule has 0 saturated heterocycles. The topological polar surface area (TPSA) is 19.6 Å². The van der Waals surface area contributed by atoms with Crippen molar-refractivity contribution in [2.75, 3.05) is 9.71 Å². The van der Waals surface area contributed by atoms with E-state index in [1.807, 2.05) is 11.3 Å². The smallest absolute Gasteiger partial charge is 0.333 e. The maximum atomic E-state index is 7.34. The third-order valence-electron chi connectivity index (χ3n) is 19.2. The fraction of sp³-hybridized carbons (Fsp3) is 0.364. The maximum Gasteiger partial charge on any atom is 0.333 e. The van der Waals surface area contributed by atoms with Crippen molar-refractivity contribution in [1.82, 2.24) is 0 Å². The van der Waals surface area contributed by atoms with E-state index in [1.165, 1.54) is 167 Å². The number of furan rings is 1. The lowest BCUT2D eigenvalue weighted by Gasteiger charge is -2.53. The molecule has 1 saturated carbocycles. The molecule has 3 nitrogen and oxygen atoms in total. The van der Waals surface area contributed by atoms with Gasteiger partial charge in [-0.1, -0.05) is 141 Å². The summed E-state index contributed by atoms with van der Waals surface area (Å²) in [6.07, 6.45) is 14.1. The van der Waals surface area contributed by atoms with Crippen LogP contribution in [0.15, 0.2) is 120 Å². The Hall–Kier alpha value is -5.78. The minimum Gasteiger partial charge on any atom is -0.454 e. The van der Waals surface area contributed by atoms with Gasteiger partial charge in [0.25, 0.3) is 0 Å². The highest BCUT2D eigenvalue weighted by molar-refractivity contribution is 7.25. The first-order valence-corrected chi connectivity index (χ1v) is 28.1. The number of nitrogens with zero attached hydrogens (tertiary/aromatic N) is 2. The van der Waals surface area contributed by atoms with E-state index in [1.54, 1.807) is 5.56 Å². The SMILES string of the molecule is CCCCc1ccc(N2B3c4cc(CCCC)cc5c4N(c4c3c(cc3c4oc4ccccc43)-c3cc4sc6cc7c(cc6c4cc32)C(C)(C)CCC7(C)C)C2(C)CCCCC52C)c(-c2ccccc2)c1. The van der Waals surface area contributed by atoms with Crippen LogP contribution in [0.3, 0.4) is 0 Å². The van der Waals surface area contributed by atoms with Crippen LogP contribution >= 0.6 is 11.3 Å². The van der Waals surface area contributed by atoms with Gasteiger partial charge in [0.2, 0.25) is 0 Å². The molecule has 2 unspecified atom stereocenters. The summed E-state index contributed by atoms with van der Waals surface area (Å²) >= 11 is 2.00. The molecule has 14 rings (SSSR count). The normalized spacial score (nSPS) is 21.2. The molecule has 0 radical (unpaired) electrons. The van der Waals surface area contributed by atoms with Crippen molar-refractivity contribution in [3.05, 3.63) is 143 Å². The van der Waals surface area contributed by atoms with Crippen LogP contribution in [-0.2, 0) is 29.1 Å². The highest BCUT2D eigenvalue weighted by Crippen LogP contribution is 2.64. The number of unbranched alkanes of at least 4 members (excludes halogenated alkanes) is 2. The van der Waals surface area contributed by atoms with Gasteiger partial charge in [-0.2, -0.15) is 0 Å². The summed E-state index contributed by atoms with van der Waals surface area (Å²) in [4.78, 5) is 5.74. The number of hydrogen-bond acceptors (Lipinski definition) is 4. The van der Waals surface area contributed by atoms with Crippen LogP contribution in [0.4, 0.5) is 22.7 Å². The summed E-state index contributed by atoms with van der Waals surface area (Å²) in [5, 5.41) is 5.20. The molecule has 1 fully saturated rings. The van der Waals surface area contributed by atoms with E-state index in [0.29, 0.717) is 0 Å². The van der Waals surface area contributed by atoms with Crippen molar-refractivity contribution >= 4 is 94.0 Å². The molecule has 2 aliphatic carbocycles. The van der Waals surface area contributed by atoms with Gasteiger partial charge in [-0.05, 0) is 168 Å². The molecule has 2 atom stereocenters. The molecule has 356 valence electrons. The van der Waals surface area contributed by atoms with Gasteiger partial charge in [0, 0.05) is 64.5 Å². The predicted molar refractivity (Wildman–Crippen MR) is 306 cm³/mol. The Bertz CT molecular complexity index is 3710. The number of rotatable bonds is 8. The van der Waals surface area contributed by atoms with Crippen molar-refractivity contribution in [3.8, 4) is 22.3 Å². The van der Waals surface area contributed by atoms with E-state index in [4.69, 9.17) is 4.42 Å². The molecular weight excluding hydrogens is 880 g/mol. The largest absolute Gasteiger partial charge is 0.454 e. The van der Waals surface area contributed by atoms with E-state index in [-0.39, 0.29) is 28.6 Å². The molecule has 0 N–H and O–H groups in total. The second-order valence-corrected chi connectivity index (χ2v) is 25.3. The Morgan fingerprint density at radius 2 is 1.27 bits per heavy atom. The first kappa shape index (κ1) is 44.0. The summed E-state index contributed by atoms with van der Waals surface area (Å²) in [7, 11) is 0. The van der Waals surface area contributed by atoms with Crippen LogP contribution in [0.5, 0.6) is 0 Å². The Morgan fingerprint density at radius 3 is 2.06 bits per heavy atom. The third-order valence-corrected chi connectivity index (χ3v) is 20.3. The Labute approximate surface area is 425 Å². The molecule has 0 amide bonds. The highest BCUT2D eigenvalue weighted by atomic mass is 32.1. The summed E-state index contributed by atoms with van der Waals surface area (Å²) in [5.74, 6) is 0. The van der Waals surface area contributed by atoms with Crippen LogP contribution in [0.25, 0.3) is 64.4 Å². The molecule has 71 heavy (non-hydrogen) atoms. The lowest BCUT2D eigenvalue weighted by Crippen LogP contribution is -2.64. The van der Waals surface area contributed by atoms with Crippen LogP contribution in [0, 0.1) is 0 Å². The zero-order valence-corrected chi connectivity index (χ0v) is 44.1. The second kappa shape index (κ2) is 15.4. The van der Waals surface area contributed by atoms with Gasteiger partial charge in [-0.15, -0.1) is 11.3 Å². The standard InChI is InChI=1S/C66H67BN2OS/c1-9-11-20-40-26-27-54(44(32-40)42-22-14-13-15-23-42)69-55-37-47-46-36-50-51(64(5,6)31-30-63(50,3)4)39-58(46)71-57(47)38-45(55)48-35-49-43-24-16-17-25-56(43)70-62(49)61-59(48)67(69)53-34-41(21-12-10-2)33-52-60(53)68(61)66(8)29-19-18-28-65(52,66)7/h13-17,22-27,32-39H,9-12,18-21,28-31H2,1-8H3. The molecule has 7 aromatic carbocycles. The van der Waals surface area contributed by atoms with Crippen molar-refractivity contribution in [1.29, 1.82) is 0 Å². The number of aryl methyl sites for hydroxylation is 2. The zero-order chi connectivity index (χ0) is 48.3. The van der Waals surface area contributed by atoms with Gasteiger partial charge >= 0.3 is 6.85 Å². The second-order valence-electron chi connectivity index (χ2n) is 24.2. The monoisotopic (exact) mass is 947 g/mol. The predicted octanol–water partition coefficient (Wildman–Crippen LogP) is 17.6. The lowest BCUT2D eigenvalue weighted by molar-refractivity contribution is 0.195. The average molecular weight is 947 g/mol. The Morgan fingerprint density at radius 1 is 0.563 bits per heavy atom. The van der Waals surface area contributed by atoms with E-state index in [2.05, 4.69) is 180 Å². The third kappa shape index (κ3) is 6.02. The van der Waals surface area contributed by atoms with Gasteiger partial charge in [0.15, 0.2) is 5.58 Å². The minimum absolute atomic E-state index is 0.0249. The zero-order valence-electron chi connectivity index (χ0n) is 43.2. The molecule has 0 spiro atoms. The van der Waals surface area contributed by atoms with E-state index in [0.717, 1.165) is 30.4 Å². The van der Waals surface area contributed by atoms with E-state index in [9.17, 15) is 0 Å². The molecule has 5 heterocycles. The number of para-hydroxylation sites is 1. The molecular formula is C66H67BN2OS. The van der Waals surface area contributed by atoms with Gasteiger partial charge in [0.05, 0.1) is 11.2 Å². The molecule has 9 aromatic rings. The molecule has 5 heteroatoms. The molecule has 3 aliphatic heterocycles. The van der Waals surface area contributed by atoms with Crippen LogP contribution in [0.2, 0.25) is 0 Å². The minimum atomic E-state index is -0.130. The molecule has 0 bridgehead atoms. The molecule has 2 aromatic heterocycles. The number of benzene rings is 7. The van der Waals surface area contributed by atoms with Crippen molar-refractivity contribution < 1.29 is 4.42 Å². The fourth-order valence-electron chi connectivity index (χ4n) is 14.9. The Kier molecular flexibility index (Phi) is 9.52. The van der Waals surface area contributed by atoms with E-state index < -0.39 is 0 Å². The quantitative estimate of drug-likeness (QED) is 0.142. The fourth-order valence-corrected chi connectivity index (χ4v) is 16.0. The van der Waals surface area contributed by atoms with Crippen molar-refractivity contribution in [2.24, 2.45) is 0 Å². The van der Waals surface area contributed by atoms with Gasteiger partial charge in [0.1, 0.15) is 5.58 Å². The van der Waals surface area contributed by atoms with Crippen molar-refractivity contribution in [2.45, 2.75) is 154 Å². The van der Waals surface area contributed by atoms with Crippen LogP contribution in [0.1, 0.15) is 147 Å². The average Bonchev–Trinajstić information content (AvgIpc) is 4.00. The van der Waals surface area contributed by atoms with Gasteiger partial charge in [-0.3, -0.25) is 0 Å². The van der Waals surface area contributed by atoms with Gasteiger partial charge in [-0.25, -0.2) is 0 Å². The first-order chi connectivity index (χ1) is 34.3.